The molecule has 0 fully saturated rings. The summed E-state index contributed by atoms with van der Waals surface area (Å²) in [5.41, 5.74) is 1.07. The van der Waals surface area contributed by atoms with Crippen molar-refractivity contribution < 1.29 is 4.39 Å². The van der Waals surface area contributed by atoms with Crippen LogP contribution >= 0.6 is 11.8 Å². The van der Waals surface area contributed by atoms with Gasteiger partial charge in [-0.2, -0.15) is 11.8 Å². The van der Waals surface area contributed by atoms with Gasteiger partial charge in [0.25, 0.3) is 0 Å². The summed E-state index contributed by atoms with van der Waals surface area (Å²) in [5.74, 6) is 0.927. The molecule has 1 nitrogen and oxygen atoms in total. The van der Waals surface area contributed by atoms with Crippen molar-refractivity contribution in [2.24, 2.45) is 0 Å². The molecule has 0 heterocycles. The van der Waals surface area contributed by atoms with Crippen LogP contribution in [0, 0.1) is 5.82 Å². The minimum absolute atomic E-state index is 0.144. The van der Waals surface area contributed by atoms with Gasteiger partial charge in [0.15, 0.2) is 0 Å². The van der Waals surface area contributed by atoms with Gasteiger partial charge >= 0.3 is 0 Å². The van der Waals surface area contributed by atoms with Gasteiger partial charge in [0.05, 0.1) is 0 Å². The molecule has 1 atom stereocenters. The fraction of sp³-hybridized carbons (Fsp3) is 0.571. The summed E-state index contributed by atoms with van der Waals surface area (Å²) in [5, 5.41) is 4.10. The summed E-state index contributed by atoms with van der Waals surface area (Å²) >= 11 is 1.95. The molecule has 0 spiro atoms. The van der Waals surface area contributed by atoms with E-state index in [0.717, 1.165) is 24.3 Å². The number of benzene rings is 1. The van der Waals surface area contributed by atoms with E-state index in [2.05, 4.69) is 26.1 Å². The quantitative estimate of drug-likeness (QED) is 0.800. The Labute approximate surface area is 108 Å². The van der Waals surface area contributed by atoms with E-state index in [1.165, 1.54) is 6.07 Å². The van der Waals surface area contributed by atoms with E-state index in [0.29, 0.717) is 11.3 Å². The predicted octanol–water partition coefficient (Wildman–Crippen LogP) is 3.49. The molecule has 0 amide bonds. The summed E-state index contributed by atoms with van der Waals surface area (Å²) in [7, 11) is 0. The van der Waals surface area contributed by atoms with Gasteiger partial charge < -0.3 is 5.32 Å². The molecule has 1 N–H and O–H groups in total. The highest BCUT2D eigenvalue weighted by Gasteiger charge is 2.10. The summed E-state index contributed by atoms with van der Waals surface area (Å²) in [6.45, 7) is 7.48. The zero-order chi connectivity index (χ0) is 12.7. The van der Waals surface area contributed by atoms with Crippen LogP contribution in [0.1, 0.15) is 26.3 Å². The topological polar surface area (TPSA) is 12.0 Å². The van der Waals surface area contributed by atoms with Gasteiger partial charge in [0, 0.05) is 11.8 Å². The third kappa shape index (κ3) is 6.08. The standard InChI is InChI=1S/C14H22FNS/c1-4-16-14(10-17-11(2)3)9-12-6-5-7-13(15)8-12/h5-8,11,14,16H,4,9-10H2,1-3H3. The van der Waals surface area contributed by atoms with Crippen LogP contribution < -0.4 is 5.32 Å². The fourth-order valence-electron chi connectivity index (χ4n) is 1.74. The van der Waals surface area contributed by atoms with E-state index in [1.54, 1.807) is 12.1 Å². The highest BCUT2D eigenvalue weighted by molar-refractivity contribution is 7.99. The lowest BCUT2D eigenvalue weighted by atomic mass is 10.1. The molecule has 0 aliphatic heterocycles. The summed E-state index contributed by atoms with van der Waals surface area (Å²) in [6.07, 6.45) is 0.894. The van der Waals surface area contributed by atoms with Crippen molar-refractivity contribution >= 4 is 11.8 Å². The molecule has 3 heteroatoms. The smallest absolute Gasteiger partial charge is 0.123 e. The lowest BCUT2D eigenvalue weighted by molar-refractivity contribution is 0.568. The first-order valence-electron chi connectivity index (χ1n) is 6.21. The molecule has 0 saturated carbocycles. The summed E-state index contributed by atoms with van der Waals surface area (Å²) in [6, 6.07) is 7.32. The van der Waals surface area contributed by atoms with Gasteiger partial charge in [-0.25, -0.2) is 4.39 Å². The summed E-state index contributed by atoms with van der Waals surface area (Å²) in [4.78, 5) is 0. The molecule has 0 aromatic heterocycles. The van der Waals surface area contributed by atoms with Crippen LogP contribution in [0.2, 0.25) is 0 Å². The van der Waals surface area contributed by atoms with Crippen molar-refractivity contribution in [1.82, 2.24) is 5.32 Å². The molecule has 0 radical (unpaired) electrons. The van der Waals surface area contributed by atoms with Crippen molar-refractivity contribution in [1.29, 1.82) is 0 Å². The number of hydrogen-bond donors (Lipinski definition) is 1. The first-order chi connectivity index (χ1) is 8.11. The van der Waals surface area contributed by atoms with Crippen LogP contribution in [0.25, 0.3) is 0 Å². The largest absolute Gasteiger partial charge is 0.313 e. The van der Waals surface area contributed by atoms with Gasteiger partial charge in [-0.05, 0) is 35.9 Å². The molecule has 0 aliphatic rings. The van der Waals surface area contributed by atoms with Gasteiger partial charge in [-0.3, -0.25) is 0 Å². The Kier molecular flexibility index (Phi) is 6.60. The van der Waals surface area contributed by atoms with Crippen LogP contribution in [0.3, 0.4) is 0 Å². The highest BCUT2D eigenvalue weighted by atomic mass is 32.2. The van der Waals surface area contributed by atoms with Crippen molar-refractivity contribution in [3.8, 4) is 0 Å². The van der Waals surface area contributed by atoms with E-state index in [-0.39, 0.29) is 5.82 Å². The molecule has 1 rings (SSSR count). The Morgan fingerprint density at radius 1 is 1.35 bits per heavy atom. The Hall–Kier alpha value is -0.540. The number of halogens is 1. The maximum atomic E-state index is 13.1. The van der Waals surface area contributed by atoms with E-state index in [9.17, 15) is 4.39 Å². The number of likely N-dealkylation sites (N-methyl/N-ethyl adjacent to an activating group) is 1. The lowest BCUT2D eigenvalue weighted by Crippen LogP contribution is -2.33. The Bertz CT molecular complexity index is 328. The first kappa shape index (κ1) is 14.5. The van der Waals surface area contributed by atoms with Crippen LogP contribution in [0.15, 0.2) is 24.3 Å². The number of nitrogens with one attached hydrogen (secondary N) is 1. The maximum absolute atomic E-state index is 13.1. The Morgan fingerprint density at radius 3 is 2.71 bits per heavy atom. The Balaban J connectivity index is 2.53. The average Bonchev–Trinajstić information content (AvgIpc) is 2.26. The fourth-order valence-corrected chi connectivity index (χ4v) is 2.59. The van der Waals surface area contributed by atoms with Gasteiger partial charge in [0.2, 0.25) is 0 Å². The molecular weight excluding hydrogens is 233 g/mol. The van der Waals surface area contributed by atoms with Crippen LogP contribution in [0.4, 0.5) is 4.39 Å². The monoisotopic (exact) mass is 255 g/mol. The maximum Gasteiger partial charge on any atom is 0.123 e. The van der Waals surface area contributed by atoms with Crippen molar-refractivity contribution in [3.63, 3.8) is 0 Å². The third-order valence-electron chi connectivity index (χ3n) is 2.49. The molecular formula is C14H22FNS. The van der Waals surface area contributed by atoms with E-state index >= 15 is 0 Å². The molecule has 0 bridgehead atoms. The van der Waals surface area contributed by atoms with Crippen LogP contribution in [-0.2, 0) is 6.42 Å². The van der Waals surface area contributed by atoms with E-state index in [1.807, 2.05) is 17.8 Å². The second kappa shape index (κ2) is 7.72. The SMILES string of the molecule is CCNC(CSC(C)C)Cc1cccc(F)c1. The average molecular weight is 255 g/mol. The zero-order valence-electron chi connectivity index (χ0n) is 10.9. The molecule has 96 valence electrons. The van der Waals surface area contributed by atoms with Crippen molar-refractivity contribution in [2.75, 3.05) is 12.3 Å². The molecule has 1 unspecified atom stereocenters. The molecule has 1 aromatic carbocycles. The Morgan fingerprint density at radius 2 is 2.12 bits per heavy atom. The van der Waals surface area contributed by atoms with Crippen molar-refractivity contribution in [2.45, 2.75) is 38.5 Å². The van der Waals surface area contributed by atoms with Gasteiger partial charge in [0.1, 0.15) is 5.82 Å². The second-order valence-electron chi connectivity index (χ2n) is 4.47. The van der Waals surface area contributed by atoms with E-state index in [4.69, 9.17) is 0 Å². The zero-order valence-corrected chi connectivity index (χ0v) is 11.7. The minimum Gasteiger partial charge on any atom is -0.313 e. The first-order valence-corrected chi connectivity index (χ1v) is 7.26. The minimum atomic E-state index is -0.144. The molecule has 0 saturated heterocycles. The third-order valence-corrected chi connectivity index (χ3v) is 3.76. The number of rotatable bonds is 7. The highest BCUT2D eigenvalue weighted by Crippen LogP contribution is 2.14. The molecule has 0 aliphatic carbocycles. The normalized spacial score (nSPS) is 13.0. The second-order valence-corrected chi connectivity index (χ2v) is 6.08. The lowest BCUT2D eigenvalue weighted by Gasteiger charge is -2.18. The van der Waals surface area contributed by atoms with Gasteiger partial charge in [-0.15, -0.1) is 0 Å². The number of hydrogen-bond acceptors (Lipinski definition) is 2. The van der Waals surface area contributed by atoms with Crippen molar-refractivity contribution in [3.05, 3.63) is 35.6 Å². The van der Waals surface area contributed by atoms with Gasteiger partial charge in [-0.1, -0.05) is 32.9 Å². The predicted molar refractivity (Wildman–Crippen MR) is 75.2 cm³/mol. The van der Waals surface area contributed by atoms with Crippen LogP contribution in [0.5, 0.6) is 0 Å². The molecule has 1 aromatic rings. The van der Waals surface area contributed by atoms with Crippen LogP contribution in [-0.4, -0.2) is 23.6 Å². The number of thioether (sulfide) groups is 1. The molecule has 17 heavy (non-hydrogen) atoms. The summed E-state index contributed by atoms with van der Waals surface area (Å²) < 4.78 is 13.1. The van der Waals surface area contributed by atoms with E-state index < -0.39 is 0 Å².